The molecule has 0 saturated carbocycles. The topological polar surface area (TPSA) is 58.8 Å². The molecule has 1 aromatic rings. The van der Waals surface area contributed by atoms with Gasteiger partial charge in [-0.15, -0.1) is 24.0 Å². The Bertz CT molecular complexity index is 405. The minimum absolute atomic E-state index is 0. The Balaban J connectivity index is 0.00000400. The Morgan fingerprint density at radius 3 is 2.76 bits per heavy atom. The number of aliphatic imine (C=N–C) groups is 1. The molecule has 120 valence electrons. The van der Waals surface area contributed by atoms with E-state index in [0.717, 1.165) is 43.4 Å². The lowest BCUT2D eigenvalue weighted by molar-refractivity contribution is 0.152. The first-order valence-electron chi connectivity index (χ1n) is 6.99. The molecule has 1 aromatic heterocycles. The van der Waals surface area contributed by atoms with Crippen molar-refractivity contribution in [1.29, 1.82) is 0 Å². The molecule has 0 atom stereocenters. The third-order valence-electron chi connectivity index (χ3n) is 2.49. The van der Waals surface area contributed by atoms with Gasteiger partial charge in [-0.2, -0.15) is 0 Å². The van der Waals surface area contributed by atoms with Gasteiger partial charge in [0.1, 0.15) is 5.76 Å². The van der Waals surface area contributed by atoms with Gasteiger partial charge in [0.05, 0.1) is 19.4 Å². The maximum absolute atomic E-state index is 5.30. The summed E-state index contributed by atoms with van der Waals surface area (Å²) in [7, 11) is 0. The van der Waals surface area contributed by atoms with Crippen molar-refractivity contribution in [3.05, 3.63) is 36.3 Å². The van der Waals surface area contributed by atoms with Gasteiger partial charge in [-0.25, -0.2) is 4.99 Å². The zero-order valence-corrected chi connectivity index (χ0v) is 15.2. The van der Waals surface area contributed by atoms with E-state index in [1.807, 2.05) is 26.0 Å². The standard InChI is InChI=1S/C15H25N3O2.HI/c1-4-19-11-9-17-15(18-12-13(2)3)16-8-7-14-6-5-10-20-14;/h5-6,10H,2,4,7-9,11-12H2,1,3H3,(H2,16,17,18);1H. The SMILES string of the molecule is C=C(C)CN=C(NCCOCC)NCCc1ccco1.I. The van der Waals surface area contributed by atoms with Crippen molar-refractivity contribution in [2.45, 2.75) is 20.3 Å². The minimum Gasteiger partial charge on any atom is -0.469 e. The molecule has 0 saturated heterocycles. The minimum atomic E-state index is 0. The quantitative estimate of drug-likeness (QED) is 0.217. The fraction of sp³-hybridized carbons (Fsp3) is 0.533. The van der Waals surface area contributed by atoms with Crippen LogP contribution in [0.15, 0.2) is 40.0 Å². The average molecular weight is 407 g/mol. The number of halogens is 1. The second-order valence-electron chi connectivity index (χ2n) is 4.50. The molecular formula is C15H26IN3O2. The number of furan rings is 1. The number of hydrogen-bond donors (Lipinski definition) is 2. The van der Waals surface area contributed by atoms with Crippen molar-refractivity contribution in [1.82, 2.24) is 10.6 Å². The number of guanidine groups is 1. The fourth-order valence-corrected chi connectivity index (χ4v) is 1.53. The molecule has 0 aliphatic carbocycles. The maximum atomic E-state index is 5.30. The molecule has 0 fully saturated rings. The number of nitrogens with one attached hydrogen (secondary N) is 2. The van der Waals surface area contributed by atoms with E-state index >= 15 is 0 Å². The van der Waals surface area contributed by atoms with Gasteiger partial charge >= 0.3 is 0 Å². The zero-order chi connectivity index (χ0) is 14.6. The molecule has 0 radical (unpaired) electrons. The van der Waals surface area contributed by atoms with Crippen molar-refractivity contribution < 1.29 is 9.15 Å². The number of ether oxygens (including phenoxy) is 1. The predicted octanol–water partition coefficient (Wildman–Crippen LogP) is 2.59. The first-order valence-corrected chi connectivity index (χ1v) is 6.99. The third-order valence-corrected chi connectivity index (χ3v) is 2.49. The highest BCUT2D eigenvalue weighted by Gasteiger charge is 2.00. The molecule has 1 rings (SSSR count). The Kier molecular flexibility index (Phi) is 12.1. The Labute approximate surface area is 144 Å². The van der Waals surface area contributed by atoms with Crippen LogP contribution in [0.1, 0.15) is 19.6 Å². The van der Waals surface area contributed by atoms with E-state index in [4.69, 9.17) is 9.15 Å². The number of rotatable bonds is 9. The van der Waals surface area contributed by atoms with Crippen LogP contribution in [0.5, 0.6) is 0 Å². The Hall–Kier alpha value is -1.02. The van der Waals surface area contributed by atoms with Gasteiger partial charge in [0.15, 0.2) is 5.96 Å². The van der Waals surface area contributed by atoms with Crippen LogP contribution < -0.4 is 10.6 Å². The normalized spacial score (nSPS) is 10.9. The molecule has 1 heterocycles. The summed E-state index contributed by atoms with van der Waals surface area (Å²) in [5, 5.41) is 6.50. The highest BCUT2D eigenvalue weighted by molar-refractivity contribution is 14.0. The predicted molar refractivity (Wildman–Crippen MR) is 97.4 cm³/mol. The second kappa shape index (κ2) is 12.7. The molecule has 0 bridgehead atoms. The number of hydrogen-bond acceptors (Lipinski definition) is 3. The van der Waals surface area contributed by atoms with Crippen LogP contribution in [0.4, 0.5) is 0 Å². The van der Waals surface area contributed by atoms with Gasteiger partial charge in [-0.1, -0.05) is 12.2 Å². The Morgan fingerprint density at radius 2 is 2.14 bits per heavy atom. The van der Waals surface area contributed by atoms with E-state index in [2.05, 4.69) is 22.2 Å². The van der Waals surface area contributed by atoms with Crippen molar-refractivity contribution in [3.63, 3.8) is 0 Å². The highest BCUT2D eigenvalue weighted by Crippen LogP contribution is 1.99. The van der Waals surface area contributed by atoms with E-state index in [0.29, 0.717) is 13.2 Å². The summed E-state index contributed by atoms with van der Waals surface area (Å²) in [6.45, 7) is 11.3. The lowest BCUT2D eigenvalue weighted by atomic mass is 10.3. The lowest BCUT2D eigenvalue weighted by Gasteiger charge is -2.12. The van der Waals surface area contributed by atoms with E-state index < -0.39 is 0 Å². The van der Waals surface area contributed by atoms with Crippen LogP contribution in [0.2, 0.25) is 0 Å². The molecule has 0 spiro atoms. The smallest absolute Gasteiger partial charge is 0.191 e. The molecule has 6 heteroatoms. The van der Waals surface area contributed by atoms with Crippen LogP contribution in [0, 0.1) is 0 Å². The van der Waals surface area contributed by atoms with Gasteiger partial charge in [0, 0.05) is 26.1 Å². The zero-order valence-electron chi connectivity index (χ0n) is 12.9. The van der Waals surface area contributed by atoms with Gasteiger partial charge < -0.3 is 19.8 Å². The molecule has 0 amide bonds. The second-order valence-corrected chi connectivity index (χ2v) is 4.50. The maximum Gasteiger partial charge on any atom is 0.191 e. The van der Waals surface area contributed by atoms with E-state index in [1.54, 1.807) is 6.26 Å². The van der Waals surface area contributed by atoms with Gasteiger partial charge in [0.2, 0.25) is 0 Å². The van der Waals surface area contributed by atoms with Crippen LogP contribution in [0.25, 0.3) is 0 Å². The van der Waals surface area contributed by atoms with E-state index in [1.165, 1.54) is 0 Å². The van der Waals surface area contributed by atoms with Crippen LogP contribution >= 0.6 is 24.0 Å². The first-order chi connectivity index (χ1) is 9.72. The summed E-state index contributed by atoms with van der Waals surface area (Å²) in [6.07, 6.45) is 2.51. The van der Waals surface area contributed by atoms with Gasteiger partial charge in [-0.05, 0) is 26.0 Å². The van der Waals surface area contributed by atoms with Gasteiger partial charge in [-0.3, -0.25) is 0 Å². The molecule has 2 N–H and O–H groups in total. The summed E-state index contributed by atoms with van der Waals surface area (Å²) in [6, 6.07) is 3.86. The first kappa shape index (κ1) is 20.0. The van der Waals surface area contributed by atoms with Crippen molar-refractivity contribution >= 4 is 29.9 Å². The molecule has 0 aliphatic heterocycles. The van der Waals surface area contributed by atoms with Crippen LogP contribution in [0.3, 0.4) is 0 Å². The summed E-state index contributed by atoms with van der Waals surface area (Å²) in [5.41, 5.74) is 1.03. The highest BCUT2D eigenvalue weighted by atomic mass is 127. The summed E-state index contributed by atoms with van der Waals surface area (Å²) < 4.78 is 10.6. The van der Waals surface area contributed by atoms with E-state index in [9.17, 15) is 0 Å². The monoisotopic (exact) mass is 407 g/mol. The number of nitrogens with zero attached hydrogens (tertiary/aromatic N) is 1. The van der Waals surface area contributed by atoms with E-state index in [-0.39, 0.29) is 24.0 Å². The van der Waals surface area contributed by atoms with Crippen molar-refractivity contribution in [2.75, 3.05) is 32.8 Å². The fourth-order valence-electron chi connectivity index (χ4n) is 1.53. The summed E-state index contributed by atoms with van der Waals surface area (Å²) >= 11 is 0. The van der Waals surface area contributed by atoms with Gasteiger partial charge in [0.25, 0.3) is 0 Å². The summed E-state index contributed by atoms with van der Waals surface area (Å²) in [4.78, 5) is 4.45. The third kappa shape index (κ3) is 10.4. The van der Waals surface area contributed by atoms with Crippen molar-refractivity contribution in [2.24, 2.45) is 4.99 Å². The largest absolute Gasteiger partial charge is 0.469 e. The molecule has 0 aliphatic rings. The summed E-state index contributed by atoms with van der Waals surface area (Å²) in [5.74, 6) is 1.74. The van der Waals surface area contributed by atoms with Crippen LogP contribution in [-0.4, -0.2) is 38.8 Å². The molecule has 0 aromatic carbocycles. The average Bonchev–Trinajstić information content (AvgIpc) is 2.93. The molecule has 21 heavy (non-hydrogen) atoms. The molecule has 5 nitrogen and oxygen atoms in total. The molecular weight excluding hydrogens is 381 g/mol. The lowest BCUT2D eigenvalue weighted by Crippen LogP contribution is -2.40. The Morgan fingerprint density at radius 1 is 1.38 bits per heavy atom. The van der Waals surface area contributed by atoms with Crippen molar-refractivity contribution in [3.8, 4) is 0 Å². The molecule has 0 unspecified atom stereocenters. The van der Waals surface area contributed by atoms with Crippen LogP contribution in [-0.2, 0) is 11.2 Å².